The molecule has 182 valence electrons. The molecule has 1 heterocycles. The van der Waals surface area contributed by atoms with E-state index in [2.05, 4.69) is 43.1 Å². The van der Waals surface area contributed by atoms with Crippen LogP contribution < -0.4 is 14.8 Å². The topological polar surface area (TPSA) is 50.8 Å². The number of anilines is 1. The van der Waals surface area contributed by atoms with E-state index in [0.717, 1.165) is 28.3 Å². The lowest BCUT2D eigenvalue weighted by atomic mass is 9.85. The Bertz CT molecular complexity index is 1010. The first-order valence-corrected chi connectivity index (χ1v) is 13.2. The monoisotopic (exact) mass is 480 g/mol. The second-order valence-electron chi connectivity index (χ2n) is 9.65. The molecule has 1 amide bonds. The highest BCUT2D eigenvalue weighted by atomic mass is 32.2. The number of hydrogen-bond donors (Lipinski definition) is 1. The number of carbonyl (C=O) groups excluding carboxylic acids is 1. The number of nitrogens with one attached hydrogen (secondary N) is 1. The van der Waals surface area contributed by atoms with Crippen LogP contribution in [0.2, 0.25) is 0 Å². The van der Waals surface area contributed by atoms with E-state index in [1.54, 1.807) is 18.9 Å². The van der Waals surface area contributed by atoms with Gasteiger partial charge in [0, 0.05) is 11.7 Å². The molecule has 0 spiro atoms. The van der Waals surface area contributed by atoms with Crippen molar-refractivity contribution in [1.82, 2.24) is 4.90 Å². The summed E-state index contributed by atoms with van der Waals surface area (Å²) in [6, 6.07) is 16.3. The molecule has 1 unspecified atom stereocenters. The summed E-state index contributed by atoms with van der Waals surface area (Å²) in [5, 5.41) is 3.60. The molecule has 2 aromatic carbocycles. The van der Waals surface area contributed by atoms with Gasteiger partial charge in [0.1, 0.15) is 0 Å². The molecular formula is C28H36N2O3S. The molecule has 0 bridgehead atoms. The van der Waals surface area contributed by atoms with Gasteiger partial charge in [0.25, 0.3) is 5.91 Å². The van der Waals surface area contributed by atoms with Gasteiger partial charge in [-0.1, -0.05) is 69.6 Å². The fraction of sp³-hybridized carbons (Fsp3) is 0.464. The van der Waals surface area contributed by atoms with Gasteiger partial charge < -0.3 is 19.7 Å². The number of methoxy groups -OCH3 is 1. The molecule has 1 N–H and O–H groups in total. The van der Waals surface area contributed by atoms with Crippen molar-refractivity contribution in [3.8, 4) is 11.5 Å². The predicted molar refractivity (Wildman–Crippen MR) is 141 cm³/mol. The molecule has 1 aliphatic carbocycles. The number of rotatable bonds is 8. The van der Waals surface area contributed by atoms with E-state index in [1.165, 1.54) is 19.3 Å². The molecular weight excluding hydrogens is 444 g/mol. The van der Waals surface area contributed by atoms with Crippen molar-refractivity contribution in [1.29, 1.82) is 0 Å². The van der Waals surface area contributed by atoms with Crippen LogP contribution in [0.4, 0.5) is 5.69 Å². The van der Waals surface area contributed by atoms with E-state index < -0.39 is 0 Å². The highest BCUT2D eigenvalue weighted by Gasteiger charge is 2.42. The minimum absolute atomic E-state index is 0.108. The maximum atomic E-state index is 13.7. The lowest BCUT2D eigenvalue weighted by molar-refractivity contribution is -0.129. The number of ether oxygens (including phenoxy) is 2. The number of nitrogens with zero attached hydrogens (tertiary/aromatic N) is 1. The summed E-state index contributed by atoms with van der Waals surface area (Å²) in [6.45, 7) is 7.15. The zero-order valence-electron chi connectivity index (χ0n) is 20.6. The number of hydrogen-bond acceptors (Lipinski definition) is 5. The molecule has 5 nitrogen and oxygen atoms in total. The fourth-order valence-electron chi connectivity index (χ4n) is 4.67. The second-order valence-corrected chi connectivity index (χ2v) is 10.8. The van der Waals surface area contributed by atoms with E-state index in [4.69, 9.17) is 9.47 Å². The van der Waals surface area contributed by atoms with E-state index in [-0.39, 0.29) is 17.4 Å². The molecule has 2 aliphatic rings. The van der Waals surface area contributed by atoms with Crippen molar-refractivity contribution in [2.24, 2.45) is 11.8 Å². The van der Waals surface area contributed by atoms with Gasteiger partial charge in [0.05, 0.1) is 18.6 Å². The molecule has 34 heavy (non-hydrogen) atoms. The molecule has 4 rings (SSSR count). The van der Waals surface area contributed by atoms with Gasteiger partial charge in [-0.3, -0.25) is 4.79 Å². The average molecular weight is 481 g/mol. The maximum Gasteiger partial charge on any atom is 0.262 e. The summed E-state index contributed by atoms with van der Waals surface area (Å²) in [7, 11) is 1.65. The third-order valence-corrected chi connectivity index (χ3v) is 7.60. The quantitative estimate of drug-likeness (QED) is 0.430. The highest BCUT2D eigenvalue weighted by Crippen LogP contribution is 2.42. The highest BCUT2D eigenvalue weighted by molar-refractivity contribution is 8.05. The van der Waals surface area contributed by atoms with Gasteiger partial charge in [0.15, 0.2) is 17.0 Å². The van der Waals surface area contributed by atoms with Crippen LogP contribution in [0, 0.1) is 11.8 Å². The first kappa shape index (κ1) is 24.5. The molecule has 1 saturated heterocycles. The standard InChI is InChI=1S/C28H36N2O3S/c1-19(2)18-33-24-15-14-21(16-25(24)32-4)17-26-27(31)30(23-13-9-8-10-20(23)3)28(34-26)29-22-11-6-5-7-12-22/h5-7,11-12,14-17,19-20,23,28-29H,8-10,13,18H2,1-4H3/b26-17-/t20-,23-,28?/m1/s1. The van der Waals surface area contributed by atoms with E-state index >= 15 is 0 Å². The molecule has 1 aliphatic heterocycles. The maximum absolute atomic E-state index is 13.7. The smallest absolute Gasteiger partial charge is 0.262 e. The number of amides is 1. The summed E-state index contributed by atoms with van der Waals surface area (Å²) >= 11 is 1.60. The Morgan fingerprint density at radius 1 is 1.12 bits per heavy atom. The SMILES string of the molecule is COc1cc(/C=C2\SC(Nc3ccccc3)N([C@@H]3CCCC[C@H]3C)C2=O)ccc1OCC(C)C. The zero-order chi connectivity index (χ0) is 24.1. The van der Waals surface area contributed by atoms with Crippen LogP contribution in [-0.2, 0) is 4.79 Å². The average Bonchev–Trinajstić information content (AvgIpc) is 3.13. The minimum atomic E-state index is -0.123. The largest absolute Gasteiger partial charge is 0.493 e. The van der Waals surface area contributed by atoms with Gasteiger partial charge >= 0.3 is 0 Å². The first-order valence-electron chi connectivity index (χ1n) is 12.3. The summed E-state index contributed by atoms with van der Waals surface area (Å²) in [5.74, 6) is 2.44. The van der Waals surface area contributed by atoms with Crippen LogP contribution >= 0.6 is 11.8 Å². The lowest BCUT2D eigenvalue weighted by Gasteiger charge is -2.39. The lowest BCUT2D eigenvalue weighted by Crippen LogP contribution is -2.48. The summed E-state index contributed by atoms with van der Waals surface area (Å²) in [5.41, 5.74) is 1.83. The number of para-hydroxylation sites is 1. The zero-order valence-corrected chi connectivity index (χ0v) is 21.4. The van der Waals surface area contributed by atoms with Crippen LogP contribution in [-0.4, -0.2) is 36.1 Å². The normalized spacial score (nSPS) is 24.0. The van der Waals surface area contributed by atoms with Gasteiger partial charge in [-0.05, 0) is 60.6 Å². The Hall–Kier alpha value is -2.60. The Morgan fingerprint density at radius 2 is 1.88 bits per heavy atom. The Balaban J connectivity index is 1.60. The van der Waals surface area contributed by atoms with Gasteiger partial charge in [-0.2, -0.15) is 0 Å². The third-order valence-electron chi connectivity index (χ3n) is 6.48. The van der Waals surface area contributed by atoms with Crippen molar-refractivity contribution in [2.45, 2.75) is 58.0 Å². The fourth-order valence-corrected chi connectivity index (χ4v) is 5.88. The second kappa shape index (κ2) is 11.2. The number of carbonyl (C=O) groups is 1. The van der Waals surface area contributed by atoms with E-state index in [9.17, 15) is 4.79 Å². The third kappa shape index (κ3) is 5.72. The molecule has 2 fully saturated rings. The van der Waals surface area contributed by atoms with Crippen molar-refractivity contribution < 1.29 is 14.3 Å². The molecule has 0 aromatic heterocycles. The Kier molecular flexibility index (Phi) is 8.09. The van der Waals surface area contributed by atoms with E-state index in [0.29, 0.717) is 24.2 Å². The van der Waals surface area contributed by atoms with Crippen molar-refractivity contribution in [3.63, 3.8) is 0 Å². The van der Waals surface area contributed by atoms with Crippen LogP contribution in [0.5, 0.6) is 11.5 Å². The minimum Gasteiger partial charge on any atom is -0.493 e. The number of thioether (sulfide) groups is 1. The Labute approximate surface area is 207 Å². The van der Waals surface area contributed by atoms with Crippen LogP contribution in [0.15, 0.2) is 53.4 Å². The van der Waals surface area contributed by atoms with E-state index in [1.807, 2.05) is 42.5 Å². The first-order chi connectivity index (χ1) is 16.5. The van der Waals surface area contributed by atoms with Crippen LogP contribution in [0.25, 0.3) is 6.08 Å². The van der Waals surface area contributed by atoms with Gasteiger partial charge in [-0.25, -0.2) is 0 Å². The van der Waals surface area contributed by atoms with Crippen molar-refractivity contribution >= 4 is 29.4 Å². The van der Waals surface area contributed by atoms with Crippen molar-refractivity contribution in [3.05, 3.63) is 59.0 Å². The molecule has 2 aromatic rings. The predicted octanol–water partition coefficient (Wildman–Crippen LogP) is 6.62. The van der Waals surface area contributed by atoms with Gasteiger partial charge in [-0.15, -0.1) is 0 Å². The summed E-state index contributed by atoms with van der Waals surface area (Å²) < 4.78 is 11.5. The molecule has 3 atom stereocenters. The summed E-state index contributed by atoms with van der Waals surface area (Å²) in [4.78, 5) is 16.5. The van der Waals surface area contributed by atoms with Gasteiger partial charge in [0.2, 0.25) is 0 Å². The van der Waals surface area contributed by atoms with Crippen LogP contribution in [0.3, 0.4) is 0 Å². The number of benzene rings is 2. The molecule has 1 saturated carbocycles. The molecule has 0 radical (unpaired) electrons. The Morgan fingerprint density at radius 3 is 2.59 bits per heavy atom. The van der Waals surface area contributed by atoms with Crippen molar-refractivity contribution in [2.75, 3.05) is 19.0 Å². The molecule has 6 heteroatoms. The van der Waals surface area contributed by atoms with Crippen LogP contribution in [0.1, 0.15) is 52.0 Å². The summed E-state index contributed by atoms with van der Waals surface area (Å²) in [6.07, 6.45) is 6.64.